The van der Waals surface area contributed by atoms with Gasteiger partial charge in [0.2, 0.25) is 5.91 Å². The molecule has 0 spiro atoms. The van der Waals surface area contributed by atoms with Crippen molar-refractivity contribution in [3.63, 3.8) is 0 Å². The Morgan fingerprint density at radius 2 is 2.00 bits per heavy atom. The van der Waals surface area contributed by atoms with Crippen molar-refractivity contribution in [3.8, 4) is 5.75 Å². The Bertz CT molecular complexity index is 617. The molecule has 0 aliphatic rings. The zero-order chi connectivity index (χ0) is 15.4. The van der Waals surface area contributed by atoms with Gasteiger partial charge in [0.25, 0.3) is 11.1 Å². The van der Waals surface area contributed by atoms with Gasteiger partial charge in [-0.25, -0.2) is 4.39 Å². The van der Waals surface area contributed by atoms with Gasteiger partial charge in [-0.15, -0.1) is 10.2 Å². The largest absolute Gasteiger partial charge is 0.481 e. The fraction of sp³-hybridized carbons (Fsp3) is 0.308. The molecule has 1 aromatic heterocycles. The number of aromatic nitrogens is 2. The van der Waals surface area contributed by atoms with Crippen LogP contribution in [-0.2, 0) is 4.79 Å². The maximum absolute atomic E-state index is 12.8. The Morgan fingerprint density at radius 3 is 2.62 bits per heavy atom. The number of carbonyl (C=O) groups excluding carboxylic acids is 1. The van der Waals surface area contributed by atoms with Crippen LogP contribution in [0.25, 0.3) is 0 Å². The number of hydrogen-bond acceptors (Lipinski definition) is 6. The van der Waals surface area contributed by atoms with E-state index in [1.165, 1.54) is 24.3 Å². The number of thioether (sulfide) groups is 1. The monoisotopic (exact) mass is 311 g/mol. The maximum Gasteiger partial charge on any atom is 0.277 e. The highest BCUT2D eigenvalue weighted by molar-refractivity contribution is 8.00. The van der Waals surface area contributed by atoms with Crippen molar-refractivity contribution in [2.24, 2.45) is 5.73 Å². The highest BCUT2D eigenvalue weighted by Crippen LogP contribution is 2.26. The SMILES string of the molecule is C[C@H](Sc1nnc([C@@H](C)Oc2ccc(F)cc2)o1)C(N)=O. The molecule has 0 aliphatic heterocycles. The zero-order valence-electron chi connectivity index (χ0n) is 11.4. The average molecular weight is 311 g/mol. The second kappa shape index (κ2) is 6.57. The number of benzene rings is 1. The summed E-state index contributed by atoms with van der Waals surface area (Å²) >= 11 is 1.08. The number of hydrogen-bond donors (Lipinski definition) is 1. The zero-order valence-corrected chi connectivity index (χ0v) is 12.3. The number of ether oxygens (including phenoxy) is 1. The molecule has 2 atom stereocenters. The normalized spacial score (nSPS) is 13.7. The summed E-state index contributed by atoms with van der Waals surface area (Å²) in [4.78, 5) is 11.0. The third-order valence-corrected chi connectivity index (χ3v) is 3.53. The van der Waals surface area contributed by atoms with E-state index in [0.717, 1.165) is 11.8 Å². The van der Waals surface area contributed by atoms with Gasteiger partial charge in [-0.1, -0.05) is 11.8 Å². The van der Waals surface area contributed by atoms with E-state index < -0.39 is 17.3 Å². The van der Waals surface area contributed by atoms with Gasteiger partial charge in [-0.05, 0) is 38.1 Å². The van der Waals surface area contributed by atoms with Crippen LogP contribution < -0.4 is 10.5 Å². The predicted molar refractivity (Wildman–Crippen MR) is 74.3 cm³/mol. The molecule has 0 saturated carbocycles. The molecular formula is C13H14FN3O3S. The molecule has 112 valence electrons. The van der Waals surface area contributed by atoms with Gasteiger partial charge >= 0.3 is 0 Å². The van der Waals surface area contributed by atoms with E-state index in [9.17, 15) is 9.18 Å². The van der Waals surface area contributed by atoms with Gasteiger partial charge < -0.3 is 14.9 Å². The third kappa shape index (κ3) is 4.19. The van der Waals surface area contributed by atoms with Gasteiger partial charge in [0.1, 0.15) is 11.6 Å². The van der Waals surface area contributed by atoms with Crippen LogP contribution in [0, 0.1) is 5.82 Å². The average Bonchev–Trinajstić information content (AvgIpc) is 2.90. The number of primary amides is 1. The van der Waals surface area contributed by atoms with Crippen molar-refractivity contribution < 1.29 is 18.3 Å². The topological polar surface area (TPSA) is 91.2 Å². The highest BCUT2D eigenvalue weighted by Gasteiger charge is 2.19. The van der Waals surface area contributed by atoms with Crippen molar-refractivity contribution in [3.05, 3.63) is 36.0 Å². The van der Waals surface area contributed by atoms with Crippen LogP contribution in [0.3, 0.4) is 0 Å². The standard InChI is InChI=1S/C13H14FN3O3S/c1-7(19-10-5-3-9(14)4-6-10)12-16-17-13(20-12)21-8(2)11(15)18/h3-8H,1-2H3,(H2,15,18)/t7-,8+/m1/s1. The summed E-state index contributed by atoms with van der Waals surface area (Å²) in [6, 6.07) is 5.61. The van der Waals surface area contributed by atoms with E-state index in [2.05, 4.69) is 10.2 Å². The first kappa shape index (κ1) is 15.3. The molecule has 1 amide bonds. The Labute approximate surface area is 124 Å². The lowest BCUT2D eigenvalue weighted by Gasteiger charge is -2.10. The summed E-state index contributed by atoms with van der Waals surface area (Å²) in [5.74, 6) is -0.0532. The molecule has 2 aromatic rings. The molecule has 1 aromatic carbocycles. The van der Waals surface area contributed by atoms with Gasteiger partial charge in [-0.3, -0.25) is 4.79 Å². The number of nitrogens with two attached hydrogens (primary N) is 1. The maximum atomic E-state index is 12.8. The summed E-state index contributed by atoms with van der Waals surface area (Å²) < 4.78 is 23.8. The quantitative estimate of drug-likeness (QED) is 0.823. The summed E-state index contributed by atoms with van der Waals surface area (Å²) in [5.41, 5.74) is 5.16. The van der Waals surface area contributed by atoms with Crippen molar-refractivity contribution in [2.75, 3.05) is 0 Å². The van der Waals surface area contributed by atoms with E-state index in [-0.39, 0.29) is 16.9 Å². The molecule has 0 unspecified atom stereocenters. The molecule has 6 nitrogen and oxygen atoms in total. The van der Waals surface area contributed by atoms with Crippen LogP contribution in [0.15, 0.2) is 33.9 Å². The second-order valence-corrected chi connectivity index (χ2v) is 5.57. The van der Waals surface area contributed by atoms with Crippen LogP contribution >= 0.6 is 11.8 Å². The van der Waals surface area contributed by atoms with E-state index >= 15 is 0 Å². The van der Waals surface area contributed by atoms with E-state index in [1.807, 2.05) is 0 Å². The Morgan fingerprint density at radius 1 is 1.33 bits per heavy atom. The lowest BCUT2D eigenvalue weighted by Crippen LogP contribution is -2.22. The molecule has 21 heavy (non-hydrogen) atoms. The third-order valence-electron chi connectivity index (χ3n) is 2.57. The molecular weight excluding hydrogens is 297 g/mol. The van der Waals surface area contributed by atoms with Gasteiger partial charge in [-0.2, -0.15) is 0 Å². The van der Waals surface area contributed by atoms with Crippen LogP contribution in [-0.4, -0.2) is 21.4 Å². The van der Waals surface area contributed by atoms with Gasteiger partial charge in [0.05, 0.1) is 5.25 Å². The molecule has 2 N–H and O–H groups in total. The van der Waals surface area contributed by atoms with Crippen LogP contribution in [0.4, 0.5) is 4.39 Å². The van der Waals surface area contributed by atoms with Crippen molar-refractivity contribution >= 4 is 17.7 Å². The summed E-state index contributed by atoms with van der Waals surface area (Å²) in [5, 5.41) is 7.44. The Hall–Kier alpha value is -2.09. The molecule has 0 bridgehead atoms. The molecule has 0 fully saturated rings. The van der Waals surface area contributed by atoms with Crippen molar-refractivity contribution in [2.45, 2.75) is 30.4 Å². The van der Waals surface area contributed by atoms with Crippen LogP contribution in [0.5, 0.6) is 5.75 Å². The first-order valence-corrected chi connectivity index (χ1v) is 7.05. The minimum atomic E-state index is -0.499. The highest BCUT2D eigenvalue weighted by atomic mass is 32.2. The molecule has 8 heteroatoms. The lowest BCUT2D eigenvalue weighted by molar-refractivity contribution is -0.117. The molecule has 0 radical (unpaired) electrons. The van der Waals surface area contributed by atoms with Crippen LogP contribution in [0.2, 0.25) is 0 Å². The first-order valence-electron chi connectivity index (χ1n) is 6.17. The smallest absolute Gasteiger partial charge is 0.277 e. The number of halogens is 1. The fourth-order valence-corrected chi connectivity index (χ4v) is 2.05. The van der Waals surface area contributed by atoms with Crippen LogP contribution in [0.1, 0.15) is 25.8 Å². The van der Waals surface area contributed by atoms with Gasteiger partial charge in [0.15, 0.2) is 6.10 Å². The summed E-state index contributed by atoms with van der Waals surface area (Å²) in [6.07, 6.45) is -0.499. The molecule has 1 heterocycles. The van der Waals surface area contributed by atoms with Crippen molar-refractivity contribution in [1.82, 2.24) is 10.2 Å². The minimum absolute atomic E-state index is 0.242. The Balaban J connectivity index is 2.00. The van der Waals surface area contributed by atoms with Gasteiger partial charge in [0, 0.05) is 0 Å². The minimum Gasteiger partial charge on any atom is -0.481 e. The number of carbonyl (C=O) groups is 1. The van der Waals surface area contributed by atoms with E-state index in [4.69, 9.17) is 14.9 Å². The summed E-state index contributed by atoms with van der Waals surface area (Å²) in [7, 11) is 0. The molecule has 0 saturated heterocycles. The Kier molecular flexibility index (Phi) is 4.79. The lowest BCUT2D eigenvalue weighted by atomic mass is 10.3. The number of amides is 1. The number of rotatable bonds is 6. The second-order valence-electron chi connectivity index (χ2n) is 4.28. The molecule has 0 aliphatic carbocycles. The molecule has 2 rings (SSSR count). The van der Waals surface area contributed by atoms with E-state index in [0.29, 0.717) is 5.75 Å². The summed E-state index contributed by atoms with van der Waals surface area (Å²) in [6.45, 7) is 3.37. The fourth-order valence-electron chi connectivity index (χ4n) is 1.41. The predicted octanol–water partition coefficient (Wildman–Crippen LogP) is 2.31. The first-order chi connectivity index (χ1) is 9.95. The van der Waals surface area contributed by atoms with E-state index in [1.54, 1.807) is 13.8 Å². The number of nitrogens with zero attached hydrogens (tertiary/aromatic N) is 2. The van der Waals surface area contributed by atoms with Crippen molar-refractivity contribution in [1.29, 1.82) is 0 Å².